The molecule has 0 aromatic rings. The minimum atomic E-state index is -0.0833. The molecule has 0 aliphatic heterocycles. The minimum absolute atomic E-state index is 0. The third kappa shape index (κ3) is 8.91. The molecule has 0 N–H and O–H groups in total. The van der Waals surface area contributed by atoms with E-state index >= 15 is 0 Å². The van der Waals surface area contributed by atoms with Crippen molar-refractivity contribution in [3.05, 3.63) is 0 Å². The maximum atomic E-state index is 8.42. The molecular formula is CeLaOPt. The second kappa shape index (κ2) is 16.6. The van der Waals surface area contributed by atoms with E-state index in [1.165, 1.54) is 0 Å². The first-order valence-electron chi connectivity index (χ1n) is 0.236. The molecule has 0 bridgehead atoms. The Morgan fingerprint density at radius 2 is 1.25 bits per heavy atom. The molecule has 0 spiro atoms. The zero-order valence-corrected chi connectivity index (χ0v) is 10.8. The van der Waals surface area contributed by atoms with Crippen LogP contribution in [0.1, 0.15) is 0 Å². The van der Waals surface area contributed by atoms with Crippen LogP contribution in [0.4, 0.5) is 0 Å². The Morgan fingerprint density at radius 3 is 1.25 bits per heavy atom. The minimum Gasteiger partial charge on any atom is 0 e. The number of rotatable bonds is 0. The van der Waals surface area contributed by atoms with Crippen LogP contribution in [-0.2, 0) is 22.8 Å². The number of hydrogen-bond donors (Lipinski definition) is 0. The van der Waals surface area contributed by atoms with Crippen LogP contribution in [0.5, 0.6) is 0 Å². The van der Waals surface area contributed by atoms with Crippen LogP contribution < -0.4 is 0 Å². The van der Waals surface area contributed by atoms with Crippen LogP contribution in [-0.4, -0.2) is 0 Å². The molecule has 0 saturated carbocycles. The van der Waals surface area contributed by atoms with E-state index in [4.69, 9.17) is 1.70 Å². The maximum Gasteiger partial charge on any atom is 0 e. The molecule has 0 radical (unpaired) electrons. The van der Waals surface area contributed by atoms with Crippen molar-refractivity contribution >= 4 is 0 Å². The van der Waals surface area contributed by atoms with Crippen molar-refractivity contribution in [1.29, 1.82) is 0 Å². The second-order valence-corrected chi connectivity index (χ2v) is 0. The first kappa shape index (κ1) is 15.7. The van der Waals surface area contributed by atoms with Gasteiger partial charge in [0.15, 0.2) is 0 Å². The molecule has 23 valence electrons. The molecule has 0 fully saturated rings. The molecule has 0 heterocycles. The molecular weight excluding hydrogens is 490 g/mol. The van der Waals surface area contributed by atoms with Crippen LogP contribution in [0.3, 0.4) is 0 Å². The average molecular weight is 490 g/mol. The molecule has 0 unspecified atom stereocenters. The molecule has 4 heteroatoms. The Bertz CT molecular complexity index is 8.00. The molecule has 0 aromatic heterocycles. The van der Waals surface area contributed by atoms with Crippen molar-refractivity contribution in [2.75, 3.05) is 0 Å². The zero-order chi connectivity index (χ0) is 2.00. The summed E-state index contributed by atoms with van der Waals surface area (Å²) in [5.74, 6) is 0. The predicted octanol–water partition coefficient (Wildman–Crippen LogP) is -0.121. The van der Waals surface area contributed by atoms with Gasteiger partial charge in [0.2, 0.25) is 0 Å². The van der Waals surface area contributed by atoms with Gasteiger partial charge in [0, 0.05) is 62.8 Å². The van der Waals surface area contributed by atoms with Gasteiger partial charge in [-0.25, -0.2) is 0 Å². The summed E-state index contributed by atoms with van der Waals surface area (Å²) in [6, 6.07) is 0. The zero-order valence-electron chi connectivity index (χ0n) is 1.80. The molecule has 0 atom stereocenters. The van der Waals surface area contributed by atoms with Gasteiger partial charge in [0.05, 0.1) is 0 Å². The summed E-state index contributed by atoms with van der Waals surface area (Å²) in [6.45, 7) is 0. The van der Waals surface area contributed by atoms with E-state index in [1.807, 2.05) is 0 Å². The van der Waals surface area contributed by atoms with Gasteiger partial charge in [-0.2, -0.15) is 0 Å². The summed E-state index contributed by atoms with van der Waals surface area (Å²) in [4.78, 5) is 0. The summed E-state index contributed by atoms with van der Waals surface area (Å²) in [7, 11) is 0. The van der Waals surface area contributed by atoms with E-state index in [1.54, 1.807) is 0 Å². The van der Waals surface area contributed by atoms with Crippen LogP contribution in [0.15, 0.2) is 0 Å². The fourth-order valence-electron chi connectivity index (χ4n) is 0. The van der Waals surface area contributed by atoms with Gasteiger partial charge < -0.3 is 0 Å². The largest absolute Gasteiger partial charge is 0 e. The summed E-state index contributed by atoms with van der Waals surface area (Å²) >= 11 is -0.0833. The topological polar surface area (TPSA) is 17.1 Å². The van der Waals surface area contributed by atoms with Crippen LogP contribution in [0.2, 0.25) is 0 Å². The van der Waals surface area contributed by atoms with Crippen LogP contribution in [0.25, 0.3) is 0 Å². The van der Waals surface area contributed by atoms with E-state index in [0.717, 1.165) is 0 Å². The Hall–Kier alpha value is 3.06. The smallest absolute Gasteiger partial charge is 0 e. The van der Waals surface area contributed by atoms with E-state index in [0.29, 0.717) is 0 Å². The normalized spacial score (nSPS) is 1.50. The van der Waals surface area contributed by atoms with E-state index in [-0.39, 0.29) is 96.6 Å². The van der Waals surface area contributed by atoms with Gasteiger partial charge in [-0.05, 0) is 0 Å². The third-order valence-electron chi connectivity index (χ3n) is 0. The van der Waals surface area contributed by atoms with Crippen molar-refractivity contribution in [2.24, 2.45) is 0 Å². The molecule has 4 heavy (non-hydrogen) atoms. The molecule has 1 nitrogen and oxygen atoms in total. The first-order chi connectivity index (χ1) is 1.00. The van der Waals surface area contributed by atoms with Crippen LogP contribution in [0, 0.1) is 75.6 Å². The van der Waals surface area contributed by atoms with Gasteiger partial charge >= 0.3 is 35.5 Å². The quantitative estimate of drug-likeness (QED) is 0.463. The molecule has 0 saturated heterocycles. The Kier molecular flexibility index (Phi) is 65.2. The summed E-state index contributed by atoms with van der Waals surface area (Å²) in [5.41, 5.74) is 0. The fourth-order valence-corrected chi connectivity index (χ4v) is 0. The maximum absolute atomic E-state index is 8.42. The van der Waals surface area contributed by atoms with Gasteiger partial charge in [0.1, 0.15) is 0 Å². The summed E-state index contributed by atoms with van der Waals surface area (Å²) in [6.07, 6.45) is 0. The Balaban J connectivity index is -0.00000000500. The Labute approximate surface area is 95.7 Å². The Morgan fingerprint density at radius 1 is 1.25 bits per heavy atom. The predicted molar refractivity (Wildman–Crippen MR) is 0.686 cm³/mol. The van der Waals surface area contributed by atoms with Crippen molar-refractivity contribution in [2.45, 2.75) is 0 Å². The van der Waals surface area contributed by atoms with Crippen molar-refractivity contribution in [1.82, 2.24) is 0 Å². The standard InChI is InChI=1S/Ce.La.O.Pt. The van der Waals surface area contributed by atoms with Gasteiger partial charge in [0.25, 0.3) is 0 Å². The fraction of sp³-hybridized carbons (Fsp3) is 0. The van der Waals surface area contributed by atoms with Crippen molar-refractivity contribution < 1.29 is 98.3 Å². The molecule has 0 aliphatic rings. The van der Waals surface area contributed by atoms with Gasteiger partial charge in [-0.3, -0.25) is 0 Å². The molecule has 0 aromatic carbocycles. The SMILES string of the molecule is [Ce].[O]=[La].[Pt]. The van der Waals surface area contributed by atoms with Gasteiger partial charge in [-0.1, -0.05) is 0 Å². The second-order valence-electron chi connectivity index (χ2n) is 0. The monoisotopic (exact) mass is 490 g/mol. The van der Waals surface area contributed by atoms with E-state index < -0.39 is 0 Å². The molecule has 0 aliphatic carbocycles. The van der Waals surface area contributed by atoms with Crippen LogP contribution >= 0.6 is 0 Å². The summed E-state index contributed by atoms with van der Waals surface area (Å²) in [5, 5.41) is 0. The first-order valence-corrected chi connectivity index (χ1v) is 1.72. The summed E-state index contributed by atoms with van der Waals surface area (Å²) < 4.78 is 8.42. The third-order valence-corrected chi connectivity index (χ3v) is 0. The molecule has 0 amide bonds. The molecule has 0 rings (SSSR count). The van der Waals surface area contributed by atoms with Crippen molar-refractivity contribution in [3.8, 4) is 0 Å². The number of hydrogen-bond acceptors (Lipinski definition) is 1. The van der Waals surface area contributed by atoms with Crippen molar-refractivity contribution in [3.63, 3.8) is 0 Å². The average Bonchev–Trinajstić information content (AvgIpc) is 1.00. The van der Waals surface area contributed by atoms with E-state index in [2.05, 4.69) is 0 Å². The van der Waals surface area contributed by atoms with E-state index in [9.17, 15) is 0 Å². The van der Waals surface area contributed by atoms with Gasteiger partial charge in [-0.15, -0.1) is 0 Å².